The van der Waals surface area contributed by atoms with Gasteiger partial charge < -0.3 is 4.74 Å². The average molecular weight is 265 g/mol. The zero-order valence-corrected chi connectivity index (χ0v) is 11.3. The van der Waals surface area contributed by atoms with Crippen LogP contribution in [0.1, 0.15) is 34.8 Å². The van der Waals surface area contributed by atoms with Gasteiger partial charge in [0.25, 0.3) is 0 Å². The van der Waals surface area contributed by atoms with Crippen molar-refractivity contribution in [1.82, 2.24) is 0 Å². The Bertz CT molecular complexity index is 639. The van der Waals surface area contributed by atoms with Gasteiger partial charge in [-0.25, -0.2) is 0 Å². The molecule has 0 aromatic heterocycles. The summed E-state index contributed by atoms with van der Waals surface area (Å²) in [6, 6.07) is 16.5. The minimum absolute atomic E-state index is 0.0698. The van der Waals surface area contributed by atoms with Crippen molar-refractivity contribution in [2.24, 2.45) is 0 Å². The van der Waals surface area contributed by atoms with Crippen molar-refractivity contribution in [3.63, 3.8) is 0 Å². The molecule has 3 nitrogen and oxygen atoms in total. The third-order valence-electron chi connectivity index (χ3n) is 2.99. The molecule has 0 aliphatic carbocycles. The van der Waals surface area contributed by atoms with Gasteiger partial charge in [-0.2, -0.15) is 5.26 Å². The fourth-order valence-electron chi connectivity index (χ4n) is 1.85. The summed E-state index contributed by atoms with van der Waals surface area (Å²) in [5.41, 5.74) is 2.20. The van der Waals surface area contributed by atoms with Crippen LogP contribution in [0.5, 0.6) is 5.75 Å². The number of carbonyl (C=O) groups is 1. The maximum absolute atomic E-state index is 11.8. The maximum Gasteiger partial charge on any atom is 0.166 e. The van der Waals surface area contributed by atoms with Crippen LogP contribution in [-0.4, -0.2) is 5.78 Å². The van der Waals surface area contributed by atoms with E-state index in [1.54, 1.807) is 24.3 Å². The van der Waals surface area contributed by atoms with E-state index in [9.17, 15) is 4.79 Å². The predicted octanol–water partition coefficient (Wildman–Crippen LogP) is 3.73. The van der Waals surface area contributed by atoms with E-state index in [1.165, 1.54) is 0 Å². The molecule has 100 valence electrons. The summed E-state index contributed by atoms with van der Waals surface area (Å²) in [5.74, 6) is 0.670. The van der Waals surface area contributed by atoms with Crippen molar-refractivity contribution in [2.45, 2.75) is 20.0 Å². The summed E-state index contributed by atoms with van der Waals surface area (Å²) in [4.78, 5) is 11.8. The number of benzene rings is 2. The normalized spacial score (nSPS) is 9.80. The molecule has 3 heteroatoms. The van der Waals surface area contributed by atoms with Crippen LogP contribution in [0.4, 0.5) is 0 Å². The lowest BCUT2D eigenvalue weighted by atomic mass is 10.1. The standard InChI is InChI=1S/C17H15NO2/c1-2-16(19)15-5-3-4-6-17(15)20-12-14-9-7-13(11-18)8-10-14/h3-10H,2,12H2,1H3. The Kier molecular flexibility index (Phi) is 4.52. The Morgan fingerprint density at radius 2 is 1.85 bits per heavy atom. The highest BCUT2D eigenvalue weighted by Gasteiger charge is 2.09. The van der Waals surface area contributed by atoms with Gasteiger partial charge in [0.1, 0.15) is 12.4 Å². The molecule has 0 bridgehead atoms. The van der Waals surface area contributed by atoms with Gasteiger partial charge >= 0.3 is 0 Å². The lowest BCUT2D eigenvalue weighted by Gasteiger charge is -2.10. The van der Waals surface area contributed by atoms with Crippen LogP contribution >= 0.6 is 0 Å². The molecule has 2 rings (SSSR count). The second kappa shape index (κ2) is 6.53. The Morgan fingerprint density at radius 3 is 2.50 bits per heavy atom. The minimum atomic E-state index is 0.0698. The fraction of sp³-hybridized carbons (Fsp3) is 0.176. The Labute approximate surface area is 118 Å². The highest BCUT2D eigenvalue weighted by molar-refractivity contribution is 5.98. The maximum atomic E-state index is 11.8. The number of ketones is 1. The minimum Gasteiger partial charge on any atom is -0.488 e. The second-order valence-electron chi connectivity index (χ2n) is 4.37. The molecule has 0 N–H and O–H groups in total. The summed E-state index contributed by atoms with van der Waals surface area (Å²) in [5, 5.41) is 8.74. The van der Waals surface area contributed by atoms with Crippen LogP contribution in [0.15, 0.2) is 48.5 Å². The van der Waals surface area contributed by atoms with Crippen molar-refractivity contribution in [1.29, 1.82) is 5.26 Å². The summed E-state index contributed by atoms with van der Waals surface area (Å²) >= 11 is 0. The molecule has 0 unspecified atom stereocenters. The van der Waals surface area contributed by atoms with Gasteiger partial charge in [-0.1, -0.05) is 31.2 Å². The molecule has 0 fully saturated rings. The number of carbonyl (C=O) groups excluding carboxylic acids is 1. The molecule has 0 aliphatic heterocycles. The third kappa shape index (κ3) is 3.24. The third-order valence-corrected chi connectivity index (χ3v) is 2.99. The zero-order chi connectivity index (χ0) is 14.4. The van der Waals surface area contributed by atoms with Crippen molar-refractivity contribution in [2.75, 3.05) is 0 Å². The SMILES string of the molecule is CCC(=O)c1ccccc1OCc1ccc(C#N)cc1. The van der Waals surface area contributed by atoms with Crippen molar-refractivity contribution < 1.29 is 9.53 Å². The number of nitrogens with zero attached hydrogens (tertiary/aromatic N) is 1. The smallest absolute Gasteiger partial charge is 0.166 e. The quantitative estimate of drug-likeness (QED) is 0.774. The lowest BCUT2D eigenvalue weighted by Crippen LogP contribution is -2.03. The topological polar surface area (TPSA) is 50.1 Å². The molecule has 2 aromatic carbocycles. The van der Waals surface area contributed by atoms with E-state index in [2.05, 4.69) is 6.07 Å². The molecular formula is C17H15NO2. The summed E-state index contributed by atoms with van der Waals surface area (Å²) in [7, 11) is 0. The second-order valence-corrected chi connectivity index (χ2v) is 4.37. The summed E-state index contributed by atoms with van der Waals surface area (Å²) < 4.78 is 5.72. The van der Waals surface area contributed by atoms with Crippen LogP contribution in [0.3, 0.4) is 0 Å². The van der Waals surface area contributed by atoms with Crippen LogP contribution in [-0.2, 0) is 6.61 Å². The van der Waals surface area contributed by atoms with Crippen LogP contribution in [0.25, 0.3) is 0 Å². The first-order valence-electron chi connectivity index (χ1n) is 6.48. The fourth-order valence-corrected chi connectivity index (χ4v) is 1.85. The molecule has 2 aromatic rings. The van der Waals surface area contributed by atoms with Gasteiger partial charge in [0.05, 0.1) is 17.2 Å². The molecule has 0 amide bonds. The van der Waals surface area contributed by atoms with E-state index >= 15 is 0 Å². The van der Waals surface area contributed by atoms with Crippen molar-refractivity contribution in [3.05, 3.63) is 65.2 Å². The van der Waals surface area contributed by atoms with Crippen LogP contribution < -0.4 is 4.74 Å². The highest BCUT2D eigenvalue weighted by atomic mass is 16.5. The van der Waals surface area contributed by atoms with E-state index < -0.39 is 0 Å². The number of rotatable bonds is 5. The summed E-state index contributed by atoms with van der Waals surface area (Å²) in [6.45, 7) is 2.21. The monoisotopic (exact) mass is 265 g/mol. The molecule has 20 heavy (non-hydrogen) atoms. The van der Waals surface area contributed by atoms with Gasteiger partial charge in [0.15, 0.2) is 5.78 Å². The first-order valence-corrected chi connectivity index (χ1v) is 6.48. The molecule has 0 aliphatic rings. The number of Topliss-reactive ketones (excluding diaryl/α,β-unsaturated/α-hetero) is 1. The molecule has 0 spiro atoms. The molecule has 0 radical (unpaired) electrons. The molecule has 0 saturated carbocycles. The molecule has 0 saturated heterocycles. The van der Waals surface area contributed by atoms with Crippen LogP contribution in [0.2, 0.25) is 0 Å². The van der Waals surface area contributed by atoms with Crippen molar-refractivity contribution >= 4 is 5.78 Å². The number of hydrogen-bond donors (Lipinski definition) is 0. The van der Waals surface area contributed by atoms with Gasteiger partial charge in [0.2, 0.25) is 0 Å². The van der Waals surface area contributed by atoms with Gasteiger partial charge in [-0.05, 0) is 29.8 Å². The summed E-state index contributed by atoms with van der Waals surface area (Å²) in [6.07, 6.45) is 0.456. The number of para-hydroxylation sites is 1. The zero-order valence-electron chi connectivity index (χ0n) is 11.3. The first kappa shape index (κ1) is 13.8. The largest absolute Gasteiger partial charge is 0.488 e. The van der Waals surface area contributed by atoms with E-state index in [4.69, 9.17) is 10.00 Å². The first-order chi connectivity index (χ1) is 9.74. The Balaban J connectivity index is 2.10. The Morgan fingerprint density at radius 1 is 1.15 bits per heavy atom. The lowest BCUT2D eigenvalue weighted by molar-refractivity contribution is 0.0983. The molecule has 0 atom stereocenters. The molecular weight excluding hydrogens is 250 g/mol. The van der Waals surface area contributed by atoms with Crippen molar-refractivity contribution in [3.8, 4) is 11.8 Å². The number of hydrogen-bond acceptors (Lipinski definition) is 3. The predicted molar refractivity (Wildman–Crippen MR) is 76.6 cm³/mol. The van der Waals surface area contributed by atoms with E-state index in [1.807, 2.05) is 31.2 Å². The Hall–Kier alpha value is -2.60. The number of nitriles is 1. The van der Waals surface area contributed by atoms with Gasteiger partial charge in [-0.3, -0.25) is 4.79 Å². The highest BCUT2D eigenvalue weighted by Crippen LogP contribution is 2.21. The van der Waals surface area contributed by atoms with E-state index in [-0.39, 0.29) is 5.78 Å². The van der Waals surface area contributed by atoms with Crippen LogP contribution in [0, 0.1) is 11.3 Å². The van der Waals surface area contributed by atoms with E-state index in [0.29, 0.717) is 29.9 Å². The van der Waals surface area contributed by atoms with E-state index in [0.717, 1.165) is 5.56 Å². The molecule has 0 heterocycles. The van der Waals surface area contributed by atoms with Gasteiger partial charge in [-0.15, -0.1) is 0 Å². The average Bonchev–Trinajstić information content (AvgIpc) is 2.53. The van der Waals surface area contributed by atoms with Gasteiger partial charge in [0, 0.05) is 6.42 Å². The number of ether oxygens (including phenoxy) is 1.